The number of nitrogens with one attached hydrogen (secondary N) is 1. The van der Waals surface area contributed by atoms with Gasteiger partial charge in [0.2, 0.25) is 5.91 Å². The Labute approximate surface area is 156 Å². The summed E-state index contributed by atoms with van der Waals surface area (Å²) in [7, 11) is 0. The Bertz CT molecular complexity index is 792. The molecule has 26 heavy (non-hydrogen) atoms. The SMILES string of the molecule is Cc1ccc(C)c(NC(=O)CN2CCN(c3cccc(C)c3C)CC2)c1. The molecule has 1 aliphatic heterocycles. The van der Waals surface area contributed by atoms with E-state index in [0.29, 0.717) is 6.54 Å². The van der Waals surface area contributed by atoms with E-state index in [9.17, 15) is 4.79 Å². The van der Waals surface area contributed by atoms with Gasteiger partial charge in [-0.25, -0.2) is 0 Å². The van der Waals surface area contributed by atoms with Crippen molar-refractivity contribution < 1.29 is 4.79 Å². The number of hydrogen-bond donors (Lipinski definition) is 1. The molecule has 2 aromatic carbocycles. The molecule has 138 valence electrons. The van der Waals surface area contributed by atoms with E-state index in [0.717, 1.165) is 43.0 Å². The van der Waals surface area contributed by atoms with E-state index in [1.165, 1.54) is 16.8 Å². The van der Waals surface area contributed by atoms with Crippen LogP contribution in [0.1, 0.15) is 22.3 Å². The summed E-state index contributed by atoms with van der Waals surface area (Å²) in [5.74, 6) is 0.0684. The van der Waals surface area contributed by atoms with Gasteiger partial charge in [-0.3, -0.25) is 9.69 Å². The molecule has 0 aromatic heterocycles. The van der Waals surface area contributed by atoms with Gasteiger partial charge in [-0.1, -0.05) is 24.3 Å². The van der Waals surface area contributed by atoms with Gasteiger partial charge in [0.25, 0.3) is 0 Å². The fraction of sp³-hybridized carbons (Fsp3) is 0.409. The number of aryl methyl sites for hydroxylation is 3. The fourth-order valence-corrected chi connectivity index (χ4v) is 3.49. The molecule has 0 spiro atoms. The summed E-state index contributed by atoms with van der Waals surface area (Å²) in [6.45, 7) is 12.6. The lowest BCUT2D eigenvalue weighted by atomic mass is 10.1. The second-order valence-corrected chi connectivity index (χ2v) is 7.35. The Morgan fingerprint density at radius 1 is 0.962 bits per heavy atom. The zero-order chi connectivity index (χ0) is 18.7. The summed E-state index contributed by atoms with van der Waals surface area (Å²) < 4.78 is 0. The number of carbonyl (C=O) groups is 1. The first-order valence-electron chi connectivity index (χ1n) is 9.34. The van der Waals surface area contributed by atoms with Gasteiger partial charge in [0.15, 0.2) is 0 Å². The van der Waals surface area contributed by atoms with Crippen LogP contribution < -0.4 is 10.2 Å². The Morgan fingerprint density at radius 2 is 1.69 bits per heavy atom. The summed E-state index contributed by atoms with van der Waals surface area (Å²) in [6, 6.07) is 12.6. The van der Waals surface area contributed by atoms with Crippen molar-refractivity contribution in [3.8, 4) is 0 Å². The van der Waals surface area contributed by atoms with Crippen LogP contribution in [0.5, 0.6) is 0 Å². The van der Waals surface area contributed by atoms with E-state index in [2.05, 4.69) is 53.2 Å². The first kappa shape index (κ1) is 18.5. The highest BCUT2D eigenvalue weighted by molar-refractivity contribution is 5.93. The highest BCUT2D eigenvalue weighted by Crippen LogP contribution is 2.24. The molecule has 1 N–H and O–H groups in total. The number of hydrogen-bond acceptors (Lipinski definition) is 3. The van der Waals surface area contributed by atoms with Crippen LogP contribution in [0, 0.1) is 27.7 Å². The van der Waals surface area contributed by atoms with Gasteiger partial charge < -0.3 is 10.2 Å². The molecule has 1 fully saturated rings. The number of amides is 1. The molecule has 4 heteroatoms. The Hall–Kier alpha value is -2.33. The summed E-state index contributed by atoms with van der Waals surface area (Å²) in [5.41, 5.74) is 7.19. The monoisotopic (exact) mass is 351 g/mol. The third-order valence-electron chi connectivity index (χ3n) is 5.32. The van der Waals surface area contributed by atoms with Crippen LogP contribution in [0.15, 0.2) is 36.4 Å². The van der Waals surface area contributed by atoms with Crippen molar-refractivity contribution in [1.82, 2.24) is 4.90 Å². The minimum absolute atomic E-state index is 0.0684. The Balaban J connectivity index is 1.54. The first-order chi connectivity index (χ1) is 12.4. The molecule has 4 nitrogen and oxygen atoms in total. The number of anilines is 2. The maximum absolute atomic E-state index is 12.4. The molecule has 0 radical (unpaired) electrons. The van der Waals surface area contributed by atoms with Crippen molar-refractivity contribution in [3.63, 3.8) is 0 Å². The van der Waals surface area contributed by atoms with Gasteiger partial charge in [-0.15, -0.1) is 0 Å². The van der Waals surface area contributed by atoms with Gasteiger partial charge in [-0.05, 0) is 62.1 Å². The fourth-order valence-electron chi connectivity index (χ4n) is 3.49. The molecule has 3 rings (SSSR count). The summed E-state index contributed by atoms with van der Waals surface area (Å²) in [4.78, 5) is 17.1. The molecular formula is C22H29N3O. The highest BCUT2D eigenvalue weighted by atomic mass is 16.2. The van der Waals surface area contributed by atoms with Crippen LogP contribution in [0.4, 0.5) is 11.4 Å². The van der Waals surface area contributed by atoms with Gasteiger partial charge in [0.1, 0.15) is 0 Å². The topological polar surface area (TPSA) is 35.6 Å². The van der Waals surface area contributed by atoms with Crippen LogP contribution in [0.2, 0.25) is 0 Å². The normalized spacial score (nSPS) is 15.2. The third-order valence-corrected chi connectivity index (χ3v) is 5.32. The molecule has 0 atom stereocenters. The summed E-state index contributed by atoms with van der Waals surface area (Å²) >= 11 is 0. The van der Waals surface area contributed by atoms with Gasteiger partial charge >= 0.3 is 0 Å². The number of rotatable bonds is 4. The van der Waals surface area contributed by atoms with Gasteiger partial charge in [-0.2, -0.15) is 0 Å². The van der Waals surface area contributed by atoms with Crippen molar-refractivity contribution >= 4 is 17.3 Å². The quantitative estimate of drug-likeness (QED) is 0.913. The van der Waals surface area contributed by atoms with Crippen LogP contribution in [0.3, 0.4) is 0 Å². The van der Waals surface area contributed by atoms with Crippen molar-refractivity contribution in [2.24, 2.45) is 0 Å². The lowest BCUT2D eigenvalue weighted by Gasteiger charge is -2.36. The van der Waals surface area contributed by atoms with Crippen LogP contribution in [-0.2, 0) is 4.79 Å². The second-order valence-electron chi connectivity index (χ2n) is 7.35. The van der Waals surface area contributed by atoms with E-state index in [1.54, 1.807) is 0 Å². The van der Waals surface area contributed by atoms with E-state index in [1.807, 2.05) is 26.0 Å². The minimum atomic E-state index is 0.0684. The van der Waals surface area contributed by atoms with Crippen molar-refractivity contribution in [2.45, 2.75) is 27.7 Å². The molecule has 0 bridgehead atoms. The van der Waals surface area contributed by atoms with E-state index in [-0.39, 0.29) is 5.91 Å². The summed E-state index contributed by atoms with van der Waals surface area (Å²) in [5, 5.41) is 3.06. The van der Waals surface area contributed by atoms with E-state index >= 15 is 0 Å². The number of piperazine rings is 1. The molecule has 0 aliphatic carbocycles. The zero-order valence-corrected chi connectivity index (χ0v) is 16.3. The average molecular weight is 351 g/mol. The third kappa shape index (κ3) is 4.25. The standard InChI is InChI=1S/C22H29N3O/c1-16-8-9-18(3)20(14-16)23-22(26)15-24-10-12-25(13-11-24)21-7-5-6-17(2)19(21)4/h5-9,14H,10-13,15H2,1-4H3,(H,23,26). The highest BCUT2D eigenvalue weighted by Gasteiger charge is 2.20. The van der Waals surface area contributed by atoms with Crippen LogP contribution in [0.25, 0.3) is 0 Å². The molecule has 0 saturated carbocycles. The van der Waals surface area contributed by atoms with Crippen LogP contribution in [-0.4, -0.2) is 43.5 Å². The van der Waals surface area contributed by atoms with Crippen molar-refractivity contribution in [2.75, 3.05) is 42.9 Å². The zero-order valence-electron chi connectivity index (χ0n) is 16.3. The van der Waals surface area contributed by atoms with Crippen molar-refractivity contribution in [1.29, 1.82) is 0 Å². The van der Waals surface area contributed by atoms with E-state index in [4.69, 9.17) is 0 Å². The smallest absolute Gasteiger partial charge is 0.238 e. The maximum atomic E-state index is 12.4. The molecule has 1 aliphatic rings. The number of benzene rings is 2. The first-order valence-corrected chi connectivity index (χ1v) is 9.34. The van der Waals surface area contributed by atoms with E-state index < -0.39 is 0 Å². The molecule has 1 saturated heterocycles. The molecule has 2 aromatic rings. The maximum Gasteiger partial charge on any atom is 0.238 e. The molecule has 1 amide bonds. The van der Waals surface area contributed by atoms with Gasteiger partial charge in [0, 0.05) is 37.6 Å². The second kappa shape index (κ2) is 7.92. The van der Waals surface area contributed by atoms with Gasteiger partial charge in [0.05, 0.1) is 6.54 Å². The average Bonchev–Trinajstić information content (AvgIpc) is 2.61. The number of carbonyl (C=O) groups excluding carboxylic acids is 1. The lowest BCUT2D eigenvalue weighted by Crippen LogP contribution is -2.48. The molecule has 1 heterocycles. The van der Waals surface area contributed by atoms with Crippen LogP contribution >= 0.6 is 0 Å². The molecule has 0 unspecified atom stereocenters. The predicted molar refractivity (Wildman–Crippen MR) is 109 cm³/mol. The number of nitrogens with zero attached hydrogens (tertiary/aromatic N) is 2. The minimum Gasteiger partial charge on any atom is -0.369 e. The largest absolute Gasteiger partial charge is 0.369 e. The molecular weight excluding hydrogens is 322 g/mol. The Morgan fingerprint density at radius 3 is 2.42 bits per heavy atom. The van der Waals surface area contributed by atoms with Crippen molar-refractivity contribution in [3.05, 3.63) is 58.7 Å². The lowest BCUT2D eigenvalue weighted by molar-refractivity contribution is -0.117. The Kier molecular flexibility index (Phi) is 5.62. The predicted octanol–water partition coefficient (Wildman–Crippen LogP) is 3.68. The summed E-state index contributed by atoms with van der Waals surface area (Å²) in [6.07, 6.45) is 0.